The van der Waals surface area contributed by atoms with Gasteiger partial charge in [0.2, 0.25) is 0 Å². The van der Waals surface area contributed by atoms with Gasteiger partial charge in [0.15, 0.2) is 0 Å². The van der Waals surface area contributed by atoms with Crippen LogP contribution in [0.4, 0.5) is 5.00 Å². The third-order valence-electron chi connectivity index (χ3n) is 4.44. The maximum atomic E-state index is 12.7. The molecule has 0 bridgehead atoms. The number of hydrogen-bond donors (Lipinski definition) is 1. The van der Waals surface area contributed by atoms with Crippen LogP contribution in [0.15, 0.2) is 48.5 Å². The molecule has 6 heteroatoms. The second-order valence-electron chi connectivity index (χ2n) is 6.51. The number of aryl methyl sites for hydroxylation is 2. The average Bonchev–Trinajstić information content (AvgIpc) is 3.03. The van der Waals surface area contributed by atoms with Gasteiger partial charge in [-0.2, -0.15) is 0 Å². The first-order valence-corrected chi connectivity index (χ1v) is 10.1. The lowest BCUT2D eigenvalue weighted by Crippen LogP contribution is -2.14. The lowest BCUT2D eigenvalue weighted by atomic mass is 10.0. The third-order valence-corrected chi connectivity index (χ3v) is 5.46. The molecular formula is C23H23NO4S. The van der Waals surface area contributed by atoms with E-state index in [4.69, 9.17) is 9.47 Å². The van der Waals surface area contributed by atoms with Gasteiger partial charge in [0, 0.05) is 16.0 Å². The number of thiophene rings is 1. The molecule has 5 nitrogen and oxygen atoms in total. The Labute approximate surface area is 174 Å². The number of anilines is 1. The molecule has 3 rings (SSSR count). The molecule has 3 aromatic rings. The maximum Gasteiger partial charge on any atom is 0.341 e. The molecule has 0 aliphatic heterocycles. The summed E-state index contributed by atoms with van der Waals surface area (Å²) in [4.78, 5) is 26.2. The molecule has 0 radical (unpaired) electrons. The minimum atomic E-state index is -0.488. The van der Waals surface area contributed by atoms with Crippen molar-refractivity contribution in [1.29, 1.82) is 0 Å². The predicted molar refractivity (Wildman–Crippen MR) is 116 cm³/mol. The number of benzene rings is 2. The quantitative estimate of drug-likeness (QED) is 0.548. The Kier molecular flexibility index (Phi) is 6.34. The van der Waals surface area contributed by atoms with Gasteiger partial charge in [0.25, 0.3) is 5.91 Å². The smallest absolute Gasteiger partial charge is 0.341 e. The number of carbonyl (C=O) groups excluding carboxylic acids is 2. The van der Waals surface area contributed by atoms with Crippen LogP contribution in [0.5, 0.6) is 5.75 Å². The largest absolute Gasteiger partial charge is 0.494 e. The van der Waals surface area contributed by atoms with Crippen molar-refractivity contribution < 1.29 is 19.1 Å². The van der Waals surface area contributed by atoms with Crippen LogP contribution in [0.2, 0.25) is 0 Å². The Balaban J connectivity index is 2.01. The summed E-state index contributed by atoms with van der Waals surface area (Å²) in [7, 11) is 1.34. The summed E-state index contributed by atoms with van der Waals surface area (Å²) in [5.74, 6) is 0.00727. The molecule has 0 aliphatic rings. The van der Waals surface area contributed by atoms with Crippen molar-refractivity contribution in [2.75, 3.05) is 19.0 Å². The summed E-state index contributed by atoms with van der Waals surface area (Å²) in [6, 6.07) is 14.8. The summed E-state index contributed by atoms with van der Waals surface area (Å²) < 4.78 is 10.5. The van der Waals surface area contributed by atoms with Crippen LogP contribution in [0.25, 0.3) is 11.1 Å². The number of rotatable bonds is 6. The first-order valence-electron chi connectivity index (χ1n) is 9.27. The second-order valence-corrected chi connectivity index (χ2v) is 7.73. The molecule has 0 aliphatic carbocycles. The number of methoxy groups -OCH3 is 1. The molecule has 2 aromatic carbocycles. The van der Waals surface area contributed by atoms with E-state index in [2.05, 4.69) is 5.32 Å². The van der Waals surface area contributed by atoms with E-state index in [1.54, 1.807) is 12.1 Å². The van der Waals surface area contributed by atoms with Gasteiger partial charge in [-0.15, -0.1) is 11.3 Å². The molecule has 1 N–H and O–H groups in total. The van der Waals surface area contributed by atoms with Crippen LogP contribution >= 0.6 is 11.3 Å². The SMILES string of the molecule is CCOc1ccc(-c2c(C)sc(NC(=O)c3cccc(C)c3)c2C(=O)OC)cc1. The zero-order chi connectivity index (χ0) is 21.0. The Morgan fingerprint density at radius 1 is 1.07 bits per heavy atom. The van der Waals surface area contributed by atoms with Gasteiger partial charge in [-0.25, -0.2) is 4.79 Å². The zero-order valence-corrected chi connectivity index (χ0v) is 17.7. The van der Waals surface area contributed by atoms with E-state index in [0.717, 1.165) is 27.3 Å². The Morgan fingerprint density at radius 3 is 2.41 bits per heavy atom. The monoisotopic (exact) mass is 409 g/mol. The van der Waals surface area contributed by atoms with Crippen molar-refractivity contribution in [2.45, 2.75) is 20.8 Å². The molecule has 29 heavy (non-hydrogen) atoms. The topological polar surface area (TPSA) is 64.6 Å². The highest BCUT2D eigenvalue weighted by Crippen LogP contribution is 2.41. The highest BCUT2D eigenvalue weighted by atomic mass is 32.1. The van der Waals surface area contributed by atoms with E-state index >= 15 is 0 Å². The zero-order valence-electron chi connectivity index (χ0n) is 16.9. The minimum absolute atomic E-state index is 0.265. The number of hydrogen-bond acceptors (Lipinski definition) is 5. The lowest BCUT2D eigenvalue weighted by molar-refractivity contribution is 0.0603. The summed E-state index contributed by atoms with van der Waals surface area (Å²) in [5, 5.41) is 3.36. The van der Waals surface area contributed by atoms with E-state index < -0.39 is 5.97 Å². The molecule has 1 heterocycles. The van der Waals surface area contributed by atoms with Gasteiger partial charge in [-0.3, -0.25) is 4.79 Å². The number of carbonyl (C=O) groups is 2. The first kappa shape index (κ1) is 20.6. The van der Waals surface area contributed by atoms with Crippen LogP contribution in [0, 0.1) is 13.8 Å². The summed E-state index contributed by atoms with van der Waals surface area (Å²) in [6.45, 7) is 6.36. The van der Waals surface area contributed by atoms with Gasteiger partial charge in [-0.05, 0) is 50.6 Å². The predicted octanol–water partition coefficient (Wildman–Crippen LogP) is 5.47. The molecule has 0 atom stereocenters. The molecule has 1 aromatic heterocycles. The van der Waals surface area contributed by atoms with Crippen LogP contribution in [0.3, 0.4) is 0 Å². The molecule has 0 saturated heterocycles. The van der Waals surface area contributed by atoms with Crippen molar-refractivity contribution in [1.82, 2.24) is 0 Å². The fourth-order valence-corrected chi connectivity index (χ4v) is 4.18. The van der Waals surface area contributed by atoms with Gasteiger partial charge < -0.3 is 14.8 Å². The van der Waals surface area contributed by atoms with Gasteiger partial charge in [0.1, 0.15) is 16.3 Å². The van der Waals surface area contributed by atoms with Crippen LogP contribution in [-0.4, -0.2) is 25.6 Å². The number of nitrogens with one attached hydrogen (secondary N) is 1. The first-order chi connectivity index (χ1) is 13.9. The summed E-state index contributed by atoms with van der Waals surface area (Å²) in [5.41, 5.74) is 3.50. The number of esters is 1. The summed E-state index contributed by atoms with van der Waals surface area (Å²) >= 11 is 1.36. The fourth-order valence-electron chi connectivity index (χ4n) is 3.12. The molecular weight excluding hydrogens is 386 g/mol. The van der Waals surface area contributed by atoms with Crippen LogP contribution in [-0.2, 0) is 4.74 Å². The average molecular weight is 410 g/mol. The van der Waals surface area contributed by atoms with E-state index in [-0.39, 0.29) is 5.91 Å². The van der Waals surface area contributed by atoms with Crippen LogP contribution in [0.1, 0.15) is 38.1 Å². The highest BCUT2D eigenvalue weighted by molar-refractivity contribution is 7.17. The highest BCUT2D eigenvalue weighted by Gasteiger charge is 2.25. The number of amides is 1. The number of ether oxygens (including phenoxy) is 2. The van der Waals surface area contributed by atoms with E-state index in [0.29, 0.717) is 22.7 Å². The van der Waals surface area contributed by atoms with Crippen molar-refractivity contribution in [3.05, 3.63) is 70.1 Å². The normalized spacial score (nSPS) is 10.5. The Bertz CT molecular complexity index is 1040. The molecule has 0 spiro atoms. The standard InChI is InChI=1S/C23H23NO4S/c1-5-28-18-11-9-16(10-12-18)19-15(3)29-22(20(19)23(26)27-4)24-21(25)17-8-6-7-14(2)13-17/h6-13H,5H2,1-4H3,(H,24,25). The van der Waals surface area contributed by atoms with E-state index in [9.17, 15) is 9.59 Å². The third kappa shape index (κ3) is 4.49. The molecule has 0 unspecified atom stereocenters. The fraction of sp³-hybridized carbons (Fsp3) is 0.217. The Hall–Kier alpha value is -3.12. The lowest BCUT2D eigenvalue weighted by Gasteiger charge is -2.09. The Morgan fingerprint density at radius 2 is 1.79 bits per heavy atom. The van der Waals surface area contributed by atoms with Crippen LogP contribution < -0.4 is 10.1 Å². The minimum Gasteiger partial charge on any atom is -0.494 e. The molecule has 1 amide bonds. The van der Waals surface area contributed by atoms with Crippen molar-refractivity contribution >= 4 is 28.2 Å². The van der Waals surface area contributed by atoms with Crippen molar-refractivity contribution in [3.63, 3.8) is 0 Å². The molecule has 0 saturated carbocycles. The second kappa shape index (κ2) is 8.92. The summed E-state index contributed by atoms with van der Waals surface area (Å²) in [6.07, 6.45) is 0. The van der Waals surface area contributed by atoms with E-state index in [1.807, 2.05) is 57.2 Å². The van der Waals surface area contributed by atoms with Gasteiger partial charge in [-0.1, -0.05) is 29.8 Å². The van der Waals surface area contributed by atoms with Gasteiger partial charge >= 0.3 is 5.97 Å². The van der Waals surface area contributed by atoms with Crippen molar-refractivity contribution in [2.24, 2.45) is 0 Å². The van der Waals surface area contributed by atoms with E-state index in [1.165, 1.54) is 18.4 Å². The molecule has 0 fully saturated rings. The van der Waals surface area contributed by atoms with Crippen molar-refractivity contribution in [3.8, 4) is 16.9 Å². The molecule has 150 valence electrons. The maximum absolute atomic E-state index is 12.7. The van der Waals surface area contributed by atoms with Gasteiger partial charge in [0.05, 0.1) is 13.7 Å².